The highest BCUT2D eigenvalue weighted by Crippen LogP contribution is 1.98. The number of rotatable bonds is 3. The second-order valence-corrected chi connectivity index (χ2v) is 2.88. The molecule has 0 atom stereocenters. The van der Waals surface area contributed by atoms with Crippen molar-refractivity contribution in [1.82, 2.24) is 9.46 Å². The maximum Gasteiger partial charge on any atom is 0.257 e. The summed E-state index contributed by atoms with van der Waals surface area (Å²) >= 11 is 0. The maximum atomic E-state index is 3.97. The minimum Gasteiger partial charge on any atom is -0.386 e. The highest BCUT2D eigenvalue weighted by Gasteiger charge is 1.95. The average molecular weight is 169 g/mol. The Bertz CT molecular complexity index is 342. The number of nitrogens with zero attached hydrogens (tertiary/aromatic N) is 2. The molecule has 3 heteroatoms. The molecule has 0 bridgehead atoms. The van der Waals surface area contributed by atoms with Crippen LogP contribution in [0.1, 0.15) is 5.56 Å². The highest BCUT2D eigenvalue weighted by atomic mass is 14.9. The standard InChI is InChI=1S/C10H10BN2/c1-2-4-10(5-3-1)8-11-13-7-6-12-9-13/h1-7,9H,8H2. The Morgan fingerprint density at radius 2 is 2.08 bits per heavy atom. The van der Waals surface area contributed by atoms with Crippen LogP contribution in [-0.4, -0.2) is 16.9 Å². The predicted molar refractivity (Wildman–Crippen MR) is 53.5 cm³/mol. The second-order valence-electron chi connectivity index (χ2n) is 2.88. The number of benzene rings is 1. The molecule has 0 saturated heterocycles. The van der Waals surface area contributed by atoms with Gasteiger partial charge in [-0.3, -0.25) is 0 Å². The molecule has 1 aromatic carbocycles. The van der Waals surface area contributed by atoms with Crippen LogP contribution < -0.4 is 0 Å². The van der Waals surface area contributed by atoms with Crippen molar-refractivity contribution in [1.29, 1.82) is 0 Å². The van der Waals surface area contributed by atoms with E-state index in [2.05, 4.69) is 36.7 Å². The quantitative estimate of drug-likeness (QED) is 0.637. The van der Waals surface area contributed by atoms with Crippen molar-refractivity contribution in [2.75, 3.05) is 0 Å². The van der Waals surface area contributed by atoms with E-state index in [0.29, 0.717) is 0 Å². The Morgan fingerprint density at radius 1 is 1.23 bits per heavy atom. The summed E-state index contributed by atoms with van der Waals surface area (Å²) in [5, 5.41) is 0. The van der Waals surface area contributed by atoms with Gasteiger partial charge in [0.15, 0.2) is 0 Å². The van der Waals surface area contributed by atoms with E-state index in [9.17, 15) is 0 Å². The first-order valence-electron chi connectivity index (χ1n) is 4.30. The summed E-state index contributed by atoms with van der Waals surface area (Å²) in [5.74, 6) is 0. The van der Waals surface area contributed by atoms with Gasteiger partial charge in [-0.2, -0.15) is 0 Å². The molecule has 1 heterocycles. The minimum absolute atomic E-state index is 0.942. The van der Waals surface area contributed by atoms with Gasteiger partial charge in [0.25, 0.3) is 7.41 Å². The first-order valence-corrected chi connectivity index (χ1v) is 4.30. The van der Waals surface area contributed by atoms with E-state index in [1.54, 1.807) is 12.5 Å². The van der Waals surface area contributed by atoms with Crippen LogP contribution in [0.15, 0.2) is 49.1 Å². The third-order valence-corrected chi connectivity index (χ3v) is 1.91. The molecule has 1 aromatic heterocycles. The van der Waals surface area contributed by atoms with E-state index in [-0.39, 0.29) is 0 Å². The van der Waals surface area contributed by atoms with Gasteiger partial charge < -0.3 is 4.48 Å². The minimum atomic E-state index is 0.942. The lowest BCUT2D eigenvalue weighted by Gasteiger charge is -1.99. The Kier molecular flexibility index (Phi) is 2.46. The third-order valence-electron chi connectivity index (χ3n) is 1.91. The predicted octanol–water partition coefficient (Wildman–Crippen LogP) is 1.55. The zero-order valence-electron chi connectivity index (χ0n) is 7.30. The average Bonchev–Trinajstić information content (AvgIpc) is 2.69. The Hall–Kier alpha value is -1.51. The molecular weight excluding hydrogens is 159 g/mol. The van der Waals surface area contributed by atoms with Gasteiger partial charge in [-0.25, -0.2) is 4.98 Å². The van der Waals surface area contributed by atoms with Crippen LogP contribution in [0.3, 0.4) is 0 Å². The lowest BCUT2D eigenvalue weighted by Crippen LogP contribution is -2.07. The van der Waals surface area contributed by atoms with Crippen LogP contribution in [0.4, 0.5) is 0 Å². The number of imidazole rings is 1. The molecular formula is C10H10BN2. The molecule has 2 aromatic rings. The van der Waals surface area contributed by atoms with Crippen molar-refractivity contribution in [3.05, 3.63) is 54.6 Å². The first-order chi connectivity index (χ1) is 6.45. The summed E-state index contributed by atoms with van der Waals surface area (Å²) in [6.07, 6.45) is 6.45. The van der Waals surface area contributed by atoms with E-state index in [0.717, 1.165) is 6.32 Å². The number of aromatic nitrogens is 2. The van der Waals surface area contributed by atoms with Crippen LogP contribution in [-0.2, 0) is 6.32 Å². The van der Waals surface area contributed by atoms with Crippen molar-refractivity contribution in [2.45, 2.75) is 6.32 Å². The summed E-state index contributed by atoms with van der Waals surface area (Å²) in [6.45, 7) is 0. The van der Waals surface area contributed by atoms with Crippen LogP contribution in [0.25, 0.3) is 0 Å². The summed E-state index contributed by atoms with van der Waals surface area (Å²) in [4.78, 5) is 3.97. The van der Waals surface area contributed by atoms with Gasteiger partial charge in [-0.05, 0) is 6.32 Å². The van der Waals surface area contributed by atoms with E-state index < -0.39 is 0 Å². The van der Waals surface area contributed by atoms with Crippen molar-refractivity contribution in [3.63, 3.8) is 0 Å². The molecule has 0 fully saturated rings. The van der Waals surface area contributed by atoms with Gasteiger partial charge in [0, 0.05) is 12.4 Å². The van der Waals surface area contributed by atoms with Gasteiger partial charge in [0.2, 0.25) is 0 Å². The van der Waals surface area contributed by atoms with E-state index in [1.807, 2.05) is 16.7 Å². The van der Waals surface area contributed by atoms with Crippen LogP contribution in [0, 0.1) is 0 Å². The van der Waals surface area contributed by atoms with Gasteiger partial charge in [0.1, 0.15) is 0 Å². The molecule has 2 rings (SSSR count). The monoisotopic (exact) mass is 169 g/mol. The van der Waals surface area contributed by atoms with Crippen LogP contribution in [0.5, 0.6) is 0 Å². The van der Waals surface area contributed by atoms with Gasteiger partial charge >= 0.3 is 0 Å². The van der Waals surface area contributed by atoms with E-state index in [4.69, 9.17) is 0 Å². The van der Waals surface area contributed by atoms with E-state index in [1.165, 1.54) is 5.56 Å². The number of hydrogen-bond acceptors (Lipinski definition) is 1. The molecule has 0 aliphatic rings. The normalized spacial score (nSPS) is 9.85. The molecule has 1 radical (unpaired) electrons. The topological polar surface area (TPSA) is 17.8 Å². The fraction of sp³-hybridized carbons (Fsp3) is 0.100. The molecule has 2 nitrogen and oxygen atoms in total. The fourth-order valence-electron chi connectivity index (χ4n) is 1.20. The summed E-state index contributed by atoms with van der Waals surface area (Å²) < 4.78 is 1.97. The Balaban J connectivity index is 1.94. The molecule has 0 spiro atoms. The Morgan fingerprint density at radius 3 is 2.77 bits per heavy atom. The van der Waals surface area contributed by atoms with Crippen molar-refractivity contribution in [3.8, 4) is 0 Å². The zero-order chi connectivity index (χ0) is 8.93. The lowest BCUT2D eigenvalue weighted by molar-refractivity contribution is 1.16. The van der Waals surface area contributed by atoms with Crippen molar-refractivity contribution >= 4 is 7.41 Å². The fourth-order valence-corrected chi connectivity index (χ4v) is 1.20. The summed E-state index contributed by atoms with van der Waals surface area (Å²) in [7, 11) is 2.10. The summed E-state index contributed by atoms with van der Waals surface area (Å²) in [6, 6.07) is 10.4. The zero-order valence-corrected chi connectivity index (χ0v) is 7.30. The molecule has 0 aliphatic heterocycles. The van der Waals surface area contributed by atoms with Crippen LogP contribution in [0.2, 0.25) is 0 Å². The largest absolute Gasteiger partial charge is 0.386 e. The first kappa shape index (κ1) is 8.11. The maximum absolute atomic E-state index is 3.97. The molecule has 0 N–H and O–H groups in total. The molecule has 63 valence electrons. The number of hydrogen-bond donors (Lipinski definition) is 0. The smallest absolute Gasteiger partial charge is 0.257 e. The molecule has 13 heavy (non-hydrogen) atoms. The SMILES string of the molecule is [B](Cc1ccccc1)n1ccnc1. The molecule has 0 saturated carbocycles. The van der Waals surface area contributed by atoms with E-state index >= 15 is 0 Å². The van der Waals surface area contributed by atoms with Gasteiger partial charge in [-0.1, -0.05) is 35.9 Å². The van der Waals surface area contributed by atoms with Gasteiger partial charge in [-0.15, -0.1) is 0 Å². The lowest BCUT2D eigenvalue weighted by atomic mass is 9.84. The third kappa shape index (κ3) is 2.21. The van der Waals surface area contributed by atoms with Gasteiger partial charge in [0.05, 0.1) is 6.33 Å². The summed E-state index contributed by atoms with van der Waals surface area (Å²) in [5.41, 5.74) is 1.32. The van der Waals surface area contributed by atoms with Crippen LogP contribution >= 0.6 is 0 Å². The van der Waals surface area contributed by atoms with Crippen molar-refractivity contribution < 1.29 is 0 Å². The Labute approximate surface area is 78.5 Å². The second kappa shape index (κ2) is 3.94. The van der Waals surface area contributed by atoms with Crippen molar-refractivity contribution in [2.24, 2.45) is 0 Å². The molecule has 0 aliphatic carbocycles. The molecule has 0 amide bonds. The molecule has 0 unspecified atom stereocenters. The highest BCUT2D eigenvalue weighted by molar-refractivity contribution is 6.32.